The summed E-state index contributed by atoms with van der Waals surface area (Å²) in [5, 5.41) is 14.8. The predicted molar refractivity (Wildman–Crippen MR) is 124 cm³/mol. The first-order valence-electron chi connectivity index (χ1n) is 10.3. The van der Waals surface area contributed by atoms with Gasteiger partial charge in [0.2, 0.25) is 5.91 Å². The van der Waals surface area contributed by atoms with Crippen molar-refractivity contribution in [1.82, 2.24) is 10.3 Å². The van der Waals surface area contributed by atoms with Gasteiger partial charge in [-0.2, -0.15) is 0 Å². The summed E-state index contributed by atoms with van der Waals surface area (Å²) in [6.45, 7) is 4.23. The minimum atomic E-state index is -0.288. The van der Waals surface area contributed by atoms with Crippen LogP contribution in [-0.4, -0.2) is 28.8 Å². The minimum absolute atomic E-state index is 0.125. The molecule has 0 bridgehead atoms. The van der Waals surface area contributed by atoms with E-state index < -0.39 is 0 Å². The molecule has 162 valence electrons. The number of nitrogens with one attached hydrogen (secondary N) is 2. The lowest BCUT2D eigenvalue weighted by Crippen LogP contribution is -2.23. The van der Waals surface area contributed by atoms with Gasteiger partial charge in [0.05, 0.1) is 5.52 Å². The first kappa shape index (κ1) is 21.3. The van der Waals surface area contributed by atoms with Gasteiger partial charge in [-0.05, 0) is 78.1 Å². The van der Waals surface area contributed by atoms with E-state index in [1.807, 2.05) is 13.8 Å². The maximum Gasteiger partial charge on any atom is 0.244 e. The van der Waals surface area contributed by atoms with E-state index in [1.54, 1.807) is 36.4 Å². The lowest BCUT2D eigenvalue weighted by molar-refractivity contribution is -0.116. The Labute approximate surface area is 184 Å². The third kappa shape index (κ3) is 3.99. The Balaban J connectivity index is 1.47. The van der Waals surface area contributed by atoms with Gasteiger partial charge >= 0.3 is 0 Å². The van der Waals surface area contributed by atoms with Gasteiger partial charge in [-0.3, -0.25) is 9.59 Å². The van der Waals surface area contributed by atoms with Crippen molar-refractivity contribution in [1.29, 1.82) is 0 Å². The molecule has 0 aliphatic heterocycles. The van der Waals surface area contributed by atoms with Gasteiger partial charge in [0.15, 0.2) is 6.29 Å². The van der Waals surface area contributed by atoms with Crippen molar-refractivity contribution >= 4 is 39.9 Å². The highest BCUT2D eigenvalue weighted by Crippen LogP contribution is 2.28. The van der Waals surface area contributed by atoms with Crippen LogP contribution in [0.1, 0.15) is 32.7 Å². The Hall–Kier alpha value is -3.93. The van der Waals surface area contributed by atoms with Gasteiger partial charge < -0.3 is 15.4 Å². The number of halogens is 1. The highest BCUT2D eigenvalue weighted by Gasteiger charge is 2.14. The number of hydrogen-bond donors (Lipinski definition) is 3. The second-order valence-corrected chi connectivity index (χ2v) is 7.81. The largest absolute Gasteiger partial charge is 0.508 e. The van der Waals surface area contributed by atoms with Gasteiger partial charge in [-0.25, -0.2) is 4.39 Å². The molecule has 1 aromatic heterocycles. The number of aromatic amines is 1. The lowest BCUT2D eigenvalue weighted by atomic mass is 9.99. The topological polar surface area (TPSA) is 82.2 Å². The second kappa shape index (κ2) is 8.67. The molecule has 0 unspecified atom stereocenters. The predicted octanol–water partition coefficient (Wildman–Crippen LogP) is 4.97. The summed E-state index contributed by atoms with van der Waals surface area (Å²) in [4.78, 5) is 27.1. The zero-order valence-corrected chi connectivity index (χ0v) is 17.8. The number of H-pyrrole nitrogens is 1. The highest BCUT2D eigenvalue weighted by molar-refractivity contribution is 6.03. The van der Waals surface area contributed by atoms with Crippen LogP contribution in [0.15, 0.2) is 48.5 Å². The molecule has 1 heterocycles. The quantitative estimate of drug-likeness (QED) is 0.298. The van der Waals surface area contributed by atoms with Crippen LogP contribution >= 0.6 is 0 Å². The Bertz CT molecular complexity index is 1390. The SMILES string of the molecule is Cc1[nH]c2c(F)ccc(C)c2c1CCNC(=O)/C=C/c1ccc2cc(O)ccc2c1C=O. The van der Waals surface area contributed by atoms with Crippen molar-refractivity contribution in [2.24, 2.45) is 0 Å². The summed E-state index contributed by atoms with van der Waals surface area (Å²) in [6.07, 6.45) is 4.30. The molecule has 0 aliphatic rings. The van der Waals surface area contributed by atoms with Crippen LogP contribution in [0.5, 0.6) is 5.75 Å². The minimum Gasteiger partial charge on any atom is -0.508 e. The number of phenolic OH excluding ortho intramolecular Hbond substituents is 1. The molecule has 0 aliphatic carbocycles. The van der Waals surface area contributed by atoms with Crippen molar-refractivity contribution in [3.05, 3.63) is 82.3 Å². The van der Waals surface area contributed by atoms with Crippen LogP contribution in [0.2, 0.25) is 0 Å². The zero-order chi connectivity index (χ0) is 22.8. The van der Waals surface area contributed by atoms with Crippen molar-refractivity contribution in [2.45, 2.75) is 20.3 Å². The fraction of sp³-hybridized carbons (Fsp3) is 0.154. The third-order valence-electron chi connectivity index (χ3n) is 5.71. The average molecular weight is 430 g/mol. The number of benzene rings is 3. The molecule has 0 saturated heterocycles. The van der Waals surface area contributed by atoms with Gasteiger partial charge in [0.1, 0.15) is 11.6 Å². The van der Waals surface area contributed by atoms with Crippen molar-refractivity contribution < 1.29 is 19.1 Å². The second-order valence-electron chi connectivity index (χ2n) is 7.81. The smallest absolute Gasteiger partial charge is 0.244 e. The van der Waals surface area contributed by atoms with Crippen LogP contribution in [0.3, 0.4) is 0 Å². The Morgan fingerprint density at radius 3 is 2.75 bits per heavy atom. The number of amides is 1. The Morgan fingerprint density at radius 1 is 1.16 bits per heavy atom. The van der Waals surface area contributed by atoms with E-state index in [9.17, 15) is 19.1 Å². The van der Waals surface area contributed by atoms with Crippen molar-refractivity contribution in [2.75, 3.05) is 6.54 Å². The monoisotopic (exact) mass is 430 g/mol. The number of carbonyl (C=O) groups is 2. The third-order valence-corrected chi connectivity index (χ3v) is 5.71. The summed E-state index contributed by atoms with van der Waals surface area (Å²) in [7, 11) is 0. The summed E-state index contributed by atoms with van der Waals surface area (Å²) < 4.78 is 14.1. The molecule has 6 heteroatoms. The van der Waals surface area contributed by atoms with Crippen LogP contribution in [0.4, 0.5) is 4.39 Å². The maximum absolute atomic E-state index is 14.1. The molecule has 3 aromatic carbocycles. The van der Waals surface area contributed by atoms with E-state index in [0.29, 0.717) is 35.0 Å². The van der Waals surface area contributed by atoms with Crippen LogP contribution < -0.4 is 5.32 Å². The molecule has 32 heavy (non-hydrogen) atoms. The number of carbonyl (C=O) groups excluding carboxylic acids is 2. The summed E-state index contributed by atoms with van der Waals surface area (Å²) in [6, 6.07) is 11.5. The summed E-state index contributed by atoms with van der Waals surface area (Å²) >= 11 is 0. The highest BCUT2D eigenvalue weighted by atomic mass is 19.1. The molecule has 0 radical (unpaired) electrons. The van der Waals surface area contributed by atoms with Crippen molar-refractivity contribution in [3.63, 3.8) is 0 Å². The molecule has 3 N–H and O–H groups in total. The van der Waals surface area contributed by atoms with E-state index in [2.05, 4.69) is 10.3 Å². The molecule has 0 atom stereocenters. The summed E-state index contributed by atoms with van der Waals surface area (Å²) in [5.41, 5.74) is 4.43. The fourth-order valence-electron chi connectivity index (χ4n) is 4.13. The fourth-order valence-corrected chi connectivity index (χ4v) is 4.13. The normalized spacial score (nSPS) is 11.5. The number of hydrogen-bond acceptors (Lipinski definition) is 3. The zero-order valence-electron chi connectivity index (χ0n) is 17.8. The molecule has 0 spiro atoms. The molecule has 5 nitrogen and oxygen atoms in total. The average Bonchev–Trinajstić information content (AvgIpc) is 3.11. The van der Waals surface area contributed by atoms with Gasteiger partial charge in [-0.15, -0.1) is 0 Å². The Kier molecular flexibility index (Phi) is 5.77. The van der Waals surface area contributed by atoms with Gasteiger partial charge in [0.25, 0.3) is 0 Å². The lowest BCUT2D eigenvalue weighted by Gasteiger charge is -2.07. The molecular weight excluding hydrogens is 407 g/mol. The number of aryl methyl sites for hydroxylation is 2. The number of aromatic nitrogens is 1. The van der Waals surface area contributed by atoms with E-state index >= 15 is 0 Å². The van der Waals surface area contributed by atoms with E-state index in [1.165, 1.54) is 18.2 Å². The first-order chi connectivity index (χ1) is 15.4. The first-order valence-corrected chi connectivity index (χ1v) is 10.3. The molecule has 1 amide bonds. The van der Waals surface area contributed by atoms with E-state index in [-0.39, 0.29) is 17.5 Å². The molecule has 4 aromatic rings. The van der Waals surface area contributed by atoms with Gasteiger partial charge in [0, 0.05) is 29.3 Å². The van der Waals surface area contributed by atoms with Crippen LogP contribution in [-0.2, 0) is 11.2 Å². The van der Waals surface area contributed by atoms with E-state index in [4.69, 9.17) is 0 Å². The van der Waals surface area contributed by atoms with Crippen LogP contribution in [0.25, 0.3) is 27.8 Å². The number of aldehydes is 1. The number of fused-ring (bicyclic) bond motifs is 2. The number of phenols is 1. The molecular formula is C26H23FN2O3. The number of aromatic hydroxyl groups is 1. The maximum atomic E-state index is 14.1. The number of rotatable bonds is 6. The summed E-state index contributed by atoms with van der Waals surface area (Å²) in [5.74, 6) is -0.447. The van der Waals surface area contributed by atoms with Gasteiger partial charge in [-0.1, -0.05) is 18.2 Å². The molecule has 4 rings (SSSR count). The van der Waals surface area contributed by atoms with Crippen LogP contribution in [0, 0.1) is 19.7 Å². The van der Waals surface area contributed by atoms with E-state index in [0.717, 1.165) is 33.9 Å². The molecule has 0 saturated carbocycles. The van der Waals surface area contributed by atoms with Crippen molar-refractivity contribution in [3.8, 4) is 5.75 Å². The standard InChI is InChI=1S/C26H23FN2O3/c1-15-3-9-23(27)26-25(15)20(16(2)29-26)11-12-28-24(32)10-6-17-4-5-18-13-19(31)7-8-21(18)22(17)14-30/h3-10,13-14,29,31H,11-12H2,1-2H3,(H,28,32)/b10-6+. The molecule has 0 fully saturated rings. The Morgan fingerprint density at radius 2 is 1.97 bits per heavy atom.